The topological polar surface area (TPSA) is 29.1 Å². The van der Waals surface area contributed by atoms with E-state index in [4.69, 9.17) is 0 Å². The average molecular weight is 253 g/mol. The van der Waals surface area contributed by atoms with Gasteiger partial charge in [0.2, 0.25) is 0 Å². The molecule has 96 valence electrons. The van der Waals surface area contributed by atoms with Gasteiger partial charge in [-0.25, -0.2) is 0 Å². The van der Waals surface area contributed by atoms with Crippen molar-refractivity contribution in [2.45, 2.75) is 39.0 Å². The number of aryl methyl sites for hydroxylation is 2. The molecular formula is C14H23NOS. The zero-order valence-corrected chi connectivity index (χ0v) is 12.1. The number of hydrogen-bond acceptors (Lipinski definition) is 2. The molecule has 17 heavy (non-hydrogen) atoms. The first-order valence-corrected chi connectivity index (χ1v) is 7.63. The summed E-state index contributed by atoms with van der Waals surface area (Å²) in [5.74, 6) is 1.40. The quantitative estimate of drug-likeness (QED) is 0.844. The van der Waals surface area contributed by atoms with E-state index < -0.39 is 10.8 Å². The van der Waals surface area contributed by atoms with Crippen molar-refractivity contribution in [1.82, 2.24) is 5.32 Å². The van der Waals surface area contributed by atoms with Gasteiger partial charge in [-0.05, 0) is 32.9 Å². The molecule has 0 aromatic heterocycles. The molecule has 1 N–H and O–H groups in total. The van der Waals surface area contributed by atoms with E-state index in [0.29, 0.717) is 11.8 Å². The second-order valence-corrected chi connectivity index (χ2v) is 6.14. The van der Waals surface area contributed by atoms with E-state index in [-0.39, 0.29) is 0 Å². The minimum absolute atomic E-state index is 0.363. The lowest BCUT2D eigenvalue weighted by molar-refractivity contribution is 0.590. The molecule has 2 nitrogen and oxygen atoms in total. The van der Waals surface area contributed by atoms with E-state index in [9.17, 15) is 4.21 Å². The Kier molecular flexibility index (Phi) is 5.86. The maximum Gasteiger partial charge on any atom is 0.0486 e. The van der Waals surface area contributed by atoms with E-state index in [2.05, 4.69) is 44.3 Å². The highest BCUT2D eigenvalue weighted by Crippen LogP contribution is 2.11. The smallest absolute Gasteiger partial charge is 0.0486 e. The minimum Gasteiger partial charge on any atom is -0.316 e. The van der Waals surface area contributed by atoms with Crippen LogP contribution in [0, 0.1) is 13.8 Å². The van der Waals surface area contributed by atoms with Crippen LogP contribution in [0.25, 0.3) is 0 Å². The van der Waals surface area contributed by atoms with Crippen LogP contribution in [0.4, 0.5) is 0 Å². The maximum absolute atomic E-state index is 12.0. The van der Waals surface area contributed by atoms with Crippen molar-refractivity contribution >= 4 is 10.8 Å². The molecule has 1 aromatic rings. The summed E-state index contributed by atoms with van der Waals surface area (Å²) in [5, 5.41) is 3.20. The monoisotopic (exact) mass is 253 g/mol. The summed E-state index contributed by atoms with van der Waals surface area (Å²) in [6.07, 6.45) is 1.02. The van der Waals surface area contributed by atoms with Gasteiger partial charge in [-0.2, -0.15) is 0 Å². The molecule has 0 saturated carbocycles. The SMILES string of the molecule is CCC(CS(=O)Cc1cc(C)cc(C)c1)NC. The Hall–Kier alpha value is -0.670. The summed E-state index contributed by atoms with van der Waals surface area (Å²) in [6, 6.07) is 6.77. The molecule has 0 bridgehead atoms. The first-order chi connectivity index (χ1) is 8.05. The molecule has 0 fully saturated rings. The number of rotatable bonds is 6. The van der Waals surface area contributed by atoms with Gasteiger partial charge < -0.3 is 5.32 Å². The third-order valence-corrected chi connectivity index (χ3v) is 4.33. The van der Waals surface area contributed by atoms with Gasteiger partial charge >= 0.3 is 0 Å². The second-order valence-electron chi connectivity index (χ2n) is 4.64. The van der Waals surface area contributed by atoms with Crippen LogP contribution >= 0.6 is 0 Å². The molecule has 2 atom stereocenters. The first-order valence-electron chi connectivity index (χ1n) is 6.14. The average Bonchev–Trinajstić information content (AvgIpc) is 2.24. The number of nitrogens with one attached hydrogen (secondary N) is 1. The summed E-state index contributed by atoms with van der Waals surface area (Å²) < 4.78 is 12.0. The molecule has 2 unspecified atom stereocenters. The Bertz CT molecular complexity index is 366. The molecule has 1 aromatic carbocycles. The predicted molar refractivity (Wildman–Crippen MR) is 75.8 cm³/mol. The summed E-state index contributed by atoms with van der Waals surface area (Å²) in [6.45, 7) is 6.29. The van der Waals surface area contributed by atoms with Gasteiger partial charge in [0, 0.05) is 28.3 Å². The van der Waals surface area contributed by atoms with E-state index in [1.807, 2.05) is 7.05 Å². The van der Waals surface area contributed by atoms with Crippen LogP contribution in [0.5, 0.6) is 0 Å². The Balaban J connectivity index is 2.61. The molecule has 0 aliphatic rings. The fourth-order valence-corrected chi connectivity index (χ4v) is 3.53. The normalized spacial score (nSPS) is 14.6. The molecule has 0 heterocycles. The van der Waals surface area contributed by atoms with Crippen molar-refractivity contribution in [1.29, 1.82) is 0 Å². The van der Waals surface area contributed by atoms with Crippen LogP contribution in [0.1, 0.15) is 30.0 Å². The third kappa shape index (κ3) is 5.00. The lowest BCUT2D eigenvalue weighted by Crippen LogP contribution is -2.30. The number of hydrogen-bond donors (Lipinski definition) is 1. The fraction of sp³-hybridized carbons (Fsp3) is 0.571. The first kappa shape index (κ1) is 14.4. The van der Waals surface area contributed by atoms with Crippen molar-refractivity contribution in [3.63, 3.8) is 0 Å². The van der Waals surface area contributed by atoms with Gasteiger partial charge in [-0.15, -0.1) is 0 Å². The molecule has 0 aliphatic heterocycles. The standard InChI is InChI=1S/C14H23NOS/c1-5-14(15-4)10-17(16)9-13-7-11(2)6-12(3)8-13/h6-8,14-15H,5,9-10H2,1-4H3. The van der Waals surface area contributed by atoms with Crippen LogP contribution < -0.4 is 5.32 Å². The van der Waals surface area contributed by atoms with Crippen LogP contribution in [0.2, 0.25) is 0 Å². The molecule has 0 saturated heterocycles. The molecule has 0 amide bonds. The summed E-state index contributed by atoms with van der Waals surface area (Å²) in [7, 11) is 1.15. The van der Waals surface area contributed by atoms with E-state index in [1.165, 1.54) is 16.7 Å². The summed E-state index contributed by atoms with van der Waals surface area (Å²) in [5.41, 5.74) is 3.68. The third-order valence-electron chi connectivity index (χ3n) is 2.90. The van der Waals surface area contributed by atoms with Crippen LogP contribution in [-0.4, -0.2) is 23.1 Å². The van der Waals surface area contributed by atoms with Gasteiger partial charge in [-0.3, -0.25) is 4.21 Å². The second kappa shape index (κ2) is 6.92. The van der Waals surface area contributed by atoms with Crippen molar-refractivity contribution in [2.75, 3.05) is 12.8 Å². The summed E-state index contributed by atoms with van der Waals surface area (Å²) in [4.78, 5) is 0. The van der Waals surface area contributed by atoms with Crippen molar-refractivity contribution in [3.8, 4) is 0 Å². The molecule has 3 heteroatoms. The highest BCUT2D eigenvalue weighted by molar-refractivity contribution is 7.84. The Morgan fingerprint density at radius 1 is 1.24 bits per heavy atom. The Morgan fingerprint density at radius 3 is 2.29 bits per heavy atom. The zero-order chi connectivity index (χ0) is 12.8. The van der Waals surface area contributed by atoms with Crippen LogP contribution in [0.15, 0.2) is 18.2 Å². The van der Waals surface area contributed by atoms with Crippen LogP contribution in [0.3, 0.4) is 0 Å². The Morgan fingerprint density at radius 2 is 1.82 bits per heavy atom. The largest absolute Gasteiger partial charge is 0.316 e. The van der Waals surface area contributed by atoms with Gasteiger partial charge in [0.1, 0.15) is 0 Å². The van der Waals surface area contributed by atoms with Crippen LogP contribution in [-0.2, 0) is 16.6 Å². The van der Waals surface area contributed by atoms with E-state index in [1.54, 1.807) is 0 Å². The van der Waals surface area contributed by atoms with Gasteiger partial charge in [0.05, 0.1) is 0 Å². The van der Waals surface area contributed by atoms with Gasteiger partial charge in [-0.1, -0.05) is 36.2 Å². The van der Waals surface area contributed by atoms with E-state index in [0.717, 1.165) is 12.2 Å². The highest BCUT2D eigenvalue weighted by atomic mass is 32.2. The lowest BCUT2D eigenvalue weighted by Gasteiger charge is -2.13. The molecule has 0 radical (unpaired) electrons. The summed E-state index contributed by atoms with van der Waals surface area (Å²) >= 11 is 0. The van der Waals surface area contributed by atoms with E-state index >= 15 is 0 Å². The maximum atomic E-state index is 12.0. The van der Waals surface area contributed by atoms with Crippen molar-refractivity contribution < 1.29 is 4.21 Å². The number of benzene rings is 1. The van der Waals surface area contributed by atoms with Gasteiger partial charge in [0.15, 0.2) is 0 Å². The molecule has 1 rings (SSSR count). The fourth-order valence-electron chi connectivity index (χ4n) is 2.03. The van der Waals surface area contributed by atoms with Crippen molar-refractivity contribution in [3.05, 3.63) is 34.9 Å². The lowest BCUT2D eigenvalue weighted by atomic mass is 10.1. The molecule has 0 spiro atoms. The minimum atomic E-state index is -0.780. The molecular weight excluding hydrogens is 230 g/mol. The van der Waals surface area contributed by atoms with Gasteiger partial charge in [0.25, 0.3) is 0 Å². The zero-order valence-electron chi connectivity index (χ0n) is 11.2. The molecule has 0 aliphatic carbocycles. The Labute approximate surface area is 107 Å². The predicted octanol–water partition coefficient (Wildman–Crippen LogP) is 2.55. The highest BCUT2D eigenvalue weighted by Gasteiger charge is 2.09. The van der Waals surface area contributed by atoms with Crippen molar-refractivity contribution in [2.24, 2.45) is 0 Å².